The minimum absolute atomic E-state index is 0.0736. The van der Waals surface area contributed by atoms with E-state index < -0.39 is 11.9 Å². The number of anilines is 2. The van der Waals surface area contributed by atoms with Gasteiger partial charge in [-0.2, -0.15) is 0 Å². The summed E-state index contributed by atoms with van der Waals surface area (Å²) in [6.45, 7) is 8.11. The number of phenols is 1. The molecule has 3 amide bonds. The third-order valence-electron chi connectivity index (χ3n) is 5.30. The maximum absolute atomic E-state index is 12.5. The Morgan fingerprint density at radius 3 is 2.29 bits per heavy atom. The van der Waals surface area contributed by atoms with Gasteiger partial charge < -0.3 is 30.1 Å². The number of amides is 3. The molecule has 2 aromatic rings. The van der Waals surface area contributed by atoms with Crippen LogP contribution in [0.5, 0.6) is 17.2 Å². The molecule has 0 atom stereocenters. The first kappa shape index (κ1) is 27.5. The van der Waals surface area contributed by atoms with Crippen molar-refractivity contribution in [1.29, 1.82) is 0 Å². The molecule has 190 valence electrons. The van der Waals surface area contributed by atoms with Gasteiger partial charge in [0.15, 0.2) is 0 Å². The first-order valence-electron chi connectivity index (χ1n) is 11.8. The second-order valence-electron chi connectivity index (χ2n) is 8.31. The zero-order valence-corrected chi connectivity index (χ0v) is 21.1. The molecule has 0 bridgehead atoms. The zero-order chi connectivity index (χ0) is 26.0. The Bertz CT molecular complexity index is 1030. The van der Waals surface area contributed by atoms with Crippen LogP contribution in [0.4, 0.5) is 16.2 Å². The highest BCUT2D eigenvalue weighted by Crippen LogP contribution is 2.35. The van der Waals surface area contributed by atoms with Crippen LogP contribution in [0.25, 0.3) is 0 Å². The van der Waals surface area contributed by atoms with Gasteiger partial charge >= 0.3 is 17.9 Å². The number of aromatic hydroxyl groups is 1. The molecule has 0 saturated heterocycles. The van der Waals surface area contributed by atoms with Gasteiger partial charge in [0.25, 0.3) is 0 Å². The van der Waals surface area contributed by atoms with E-state index in [2.05, 4.69) is 17.6 Å². The van der Waals surface area contributed by atoms with Crippen LogP contribution in [0.3, 0.4) is 0 Å². The molecule has 0 aliphatic carbocycles. The standard InChI is InChI=1S/C26H35N3O6/c1-6-8-9-10-13-29(5)26(33)28-21-16-20(11-12-22(21)30)35-23-17(3)14-19(15-18(23)4)27-24(31)25(32)34-7-2/h11-12,14-16,30H,6-10,13H2,1-5H3,(H,27,31)(H,28,33). The van der Waals surface area contributed by atoms with Crippen LogP contribution in [0.15, 0.2) is 30.3 Å². The van der Waals surface area contributed by atoms with Crippen molar-refractivity contribution in [1.82, 2.24) is 4.90 Å². The Balaban J connectivity index is 2.10. The minimum Gasteiger partial charge on any atom is -0.506 e. The lowest BCUT2D eigenvalue weighted by atomic mass is 10.1. The maximum Gasteiger partial charge on any atom is 0.397 e. The number of unbranched alkanes of at least 4 members (excludes halogenated alkanes) is 3. The van der Waals surface area contributed by atoms with Gasteiger partial charge in [-0.1, -0.05) is 26.2 Å². The van der Waals surface area contributed by atoms with Crippen molar-refractivity contribution < 1.29 is 29.0 Å². The van der Waals surface area contributed by atoms with Gasteiger partial charge in [-0.25, -0.2) is 9.59 Å². The van der Waals surface area contributed by atoms with Crippen molar-refractivity contribution >= 4 is 29.3 Å². The predicted molar refractivity (Wildman–Crippen MR) is 135 cm³/mol. The summed E-state index contributed by atoms with van der Waals surface area (Å²) in [7, 11) is 1.72. The van der Waals surface area contributed by atoms with Gasteiger partial charge in [-0.3, -0.25) is 4.79 Å². The highest BCUT2D eigenvalue weighted by Gasteiger charge is 2.17. The molecule has 0 aliphatic rings. The number of hydrogen-bond donors (Lipinski definition) is 3. The number of ether oxygens (including phenoxy) is 2. The molecule has 0 radical (unpaired) electrons. The zero-order valence-electron chi connectivity index (χ0n) is 21.1. The van der Waals surface area contributed by atoms with Crippen LogP contribution >= 0.6 is 0 Å². The summed E-state index contributed by atoms with van der Waals surface area (Å²) < 4.78 is 10.7. The van der Waals surface area contributed by atoms with Crippen LogP contribution < -0.4 is 15.4 Å². The highest BCUT2D eigenvalue weighted by molar-refractivity contribution is 6.37. The van der Waals surface area contributed by atoms with Gasteiger partial charge in [0.05, 0.1) is 12.3 Å². The second kappa shape index (κ2) is 13.2. The van der Waals surface area contributed by atoms with E-state index >= 15 is 0 Å². The van der Waals surface area contributed by atoms with Gasteiger partial charge in [-0.15, -0.1) is 0 Å². The van der Waals surface area contributed by atoms with E-state index in [0.717, 1.165) is 36.8 Å². The molecule has 0 fully saturated rings. The molecule has 9 heteroatoms. The monoisotopic (exact) mass is 485 g/mol. The van der Waals surface area contributed by atoms with Crippen molar-refractivity contribution in [2.75, 3.05) is 30.8 Å². The lowest BCUT2D eigenvalue weighted by Gasteiger charge is -2.19. The molecule has 0 saturated carbocycles. The topological polar surface area (TPSA) is 117 Å². The van der Waals surface area contributed by atoms with Crippen LogP contribution in [0.1, 0.15) is 50.7 Å². The smallest absolute Gasteiger partial charge is 0.397 e. The Morgan fingerprint density at radius 2 is 1.66 bits per heavy atom. The summed E-state index contributed by atoms with van der Waals surface area (Å²) in [4.78, 5) is 37.6. The molecule has 0 heterocycles. The number of aryl methyl sites for hydroxylation is 2. The number of esters is 1. The molecule has 3 N–H and O–H groups in total. The average Bonchev–Trinajstić information content (AvgIpc) is 2.81. The summed E-state index contributed by atoms with van der Waals surface area (Å²) >= 11 is 0. The third-order valence-corrected chi connectivity index (χ3v) is 5.30. The molecule has 9 nitrogen and oxygen atoms in total. The Hall–Kier alpha value is -3.75. The molecule has 35 heavy (non-hydrogen) atoms. The minimum atomic E-state index is -0.951. The summed E-state index contributed by atoms with van der Waals surface area (Å²) in [5.41, 5.74) is 2.11. The fraction of sp³-hybridized carbons (Fsp3) is 0.423. The molecule has 0 aromatic heterocycles. The van der Waals surface area contributed by atoms with E-state index in [9.17, 15) is 19.5 Å². The summed E-state index contributed by atoms with van der Waals surface area (Å²) in [6, 6.07) is 7.63. The lowest BCUT2D eigenvalue weighted by molar-refractivity contribution is -0.152. The maximum atomic E-state index is 12.5. The van der Waals surface area contributed by atoms with E-state index in [1.165, 1.54) is 6.07 Å². The third kappa shape index (κ3) is 8.20. The van der Waals surface area contributed by atoms with Gasteiger partial charge in [0.2, 0.25) is 0 Å². The normalized spacial score (nSPS) is 10.4. The fourth-order valence-corrected chi connectivity index (χ4v) is 3.45. The number of urea groups is 1. The van der Waals surface area contributed by atoms with Crippen molar-refractivity contribution in [3.05, 3.63) is 41.5 Å². The second-order valence-corrected chi connectivity index (χ2v) is 8.31. The number of nitrogens with one attached hydrogen (secondary N) is 2. The number of carbonyl (C=O) groups excluding carboxylic acids is 3. The largest absolute Gasteiger partial charge is 0.506 e. The Kier molecular flexibility index (Phi) is 10.4. The first-order valence-corrected chi connectivity index (χ1v) is 11.8. The van der Waals surface area contributed by atoms with Crippen molar-refractivity contribution in [3.8, 4) is 17.2 Å². The summed E-state index contributed by atoms with van der Waals surface area (Å²) in [5.74, 6) is -0.911. The molecular formula is C26H35N3O6. The van der Waals surface area contributed by atoms with Crippen molar-refractivity contribution in [3.63, 3.8) is 0 Å². The molecule has 0 spiro atoms. The number of rotatable bonds is 10. The van der Waals surface area contributed by atoms with E-state index in [-0.39, 0.29) is 24.1 Å². The highest BCUT2D eigenvalue weighted by atomic mass is 16.5. The van der Waals surface area contributed by atoms with Gasteiger partial charge in [0, 0.05) is 25.3 Å². The summed E-state index contributed by atoms with van der Waals surface area (Å²) in [5, 5.41) is 15.5. The van der Waals surface area contributed by atoms with Crippen molar-refractivity contribution in [2.24, 2.45) is 0 Å². The van der Waals surface area contributed by atoms with Crippen LogP contribution in [0, 0.1) is 13.8 Å². The number of phenolic OH excluding ortho intramolecular Hbond substituents is 1. The number of carbonyl (C=O) groups is 3. The lowest BCUT2D eigenvalue weighted by Crippen LogP contribution is -2.32. The molecule has 0 unspecified atom stereocenters. The fourth-order valence-electron chi connectivity index (χ4n) is 3.45. The molecule has 2 aromatic carbocycles. The Morgan fingerprint density at radius 1 is 0.971 bits per heavy atom. The molecular weight excluding hydrogens is 450 g/mol. The Labute approximate surface area is 206 Å². The SMILES string of the molecule is CCCCCCN(C)C(=O)Nc1cc(Oc2c(C)cc(NC(=O)C(=O)OCC)cc2C)ccc1O. The summed E-state index contributed by atoms with van der Waals surface area (Å²) in [6.07, 6.45) is 4.24. The van der Waals surface area contributed by atoms with Crippen LogP contribution in [-0.2, 0) is 14.3 Å². The number of nitrogens with zero attached hydrogens (tertiary/aromatic N) is 1. The average molecular weight is 486 g/mol. The van der Waals surface area contributed by atoms with Crippen LogP contribution in [-0.4, -0.2) is 48.1 Å². The molecule has 2 rings (SSSR count). The number of hydrogen-bond acceptors (Lipinski definition) is 6. The predicted octanol–water partition coefficient (Wildman–Crippen LogP) is 5.35. The van der Waals surface area contributed by atoms with Crippen LogP contribution in [0.2, 0.25) is 0 Å². The van der Waals surface area contributed by atoms with E-state index in [4.69, 9.17) is 9.47 Å². The van der Waals surface area contributed by atoms with E-state index in [1.807, 2.05) is 0 Å². The quantitative estimate of drug-likeness (QED) is 0.181. The van der Waals surface area contributed by atoms with Crippen molar-refractivity contribution in [2.45, 2.75) is 53.4 Å². The van der Waals surface area contributed by atoms with E-state index in [0.29, 0.717) is 23.7 Å². The number of benzene rings is 2. The van der Waals surface area contributed by atoms with E-state index in [1.54, 1.807) is 57.0 Å². The molecule has 0 aliphatic heterocycles. The van der Waals surface area contributed by atoms with Gasteiger partial charge in [0.1, 0.15) is 17.2 Å². The first-order chi connectivity index (χ1) is 16.7. The van der Waals surface area contributed by atoms with Gasteiger partial charge in [-0.05, 0) is 62.6 Å².